The average Bonchev–Trinajstić information content (AvgIpc) is 2.62. The summed E-state index contributed by atoms with van der Waals surface area (Å²) in [6, 6.07) is 7.47. The maximum Gasteiger partial charge on any atom is 0.323 e. The number of hydrogen-bond acceptors (Lipinski definition) is 2. The van der Waals surface area contributed by atoms with E-state index in [1.54, 1.807) is 6.26 Å². The van der Waals surface area contributed by atoms with Crippen LogP contribution < -0.4 is 0 Å². The summed E-state index contributed by atoms with van der Waals surface area (Å²) in [5, 5.41) is 0.914. The highest BCUT2D eigenvalue weighted by molar-refractivity contribution is 6.26. The topological polar surface area (TPSA) is 66.6 Å². The molecule has 15 heavy (non-hydrogen) atoms. The second-order valence-corrected chi connectivity index (χ2v) is 3.14. The molecule has 1 heterocycles. The molecule has 2 aromatic rings. The smallest absolute Gasteiger partial charge is 0.323 e. The molecule has 4 heteroatoms. The van der Waals surface area contributed by atoms with Crippen molar-refractivity contribution in [3.63, 3.8) is 0 Å². The van der Waals surface area contributed by atoms with E-state index < -0.39 is 0 Å². The van der Waals surface area contributed by atoms with Crippen molar-refractivity contribution < 1.29 is 14.0 Å². The molecule has 0 saturated carbocycles. The number of carbonyl (C=O) groups is 1. The summed E-state index contributed by atoms with van der Waals surface area (Å²) in [5.41, 5.74) is 9.76. The van der Waals surface area contributed by atoms with Gasteiger partial charge in [0, 0.05) is 17.4 Å². The third-order valence-corrected chi connectivity index (χ3v) is 2.13. The van der Waals surface area contributed by atoms with Crippen LogP contribution in [0.3, 0.4) is 0 Å². The number of para-hydroxylation sites is 1. The summed E-state index contributed by atoms with van der Waals surface area (Å²) in [7, 11) is 0. The zero-order chi connectivity index (χ0) is 10.7. The van der Waals surface area contributed by atoms with Crippen molar-refractivity contribution in [2.75, 3.05) is 0 Å². The highest BCUT2D eigenvalue weighted by Crippen LogP contribution is 2.20. The summed E-state index contributed by atoms with van der Waals surface area (Å²) in [6.07, 6.45) is 2.62. The maximum absolute atomic E-state index is 11.2. The molecule has 0 bridgehead atoms. The predicted molar refractivity (Wildman–Crippen MR) is 54.6 cm³/mol. The van der Waals surface area contributed by atoms with Gasteiger partial charge in [-0.25, -0.2) is 0 Å². The third kappa shape index (κ3) is 1.85. The molecular formula is C11H8N2O2. The number of carbonyl (C=O) groups excluding carboxylic acids is 1. The molecule has 0 aliphatic carbocycles. The van der Waals surface area contributed by atoms with E-state index in [4.69, 9.17) is 9.95 Å². The van der Waals surface area contributed by atoms with Gasteiger partial charge in [0.15, 0.2) is 0 Å². The summed E-state index contributed by atoms with van der Waals surface area (Å²) < 4.78 is 5.27. The van der Waals surface area contributed by atoms with Gasteiger partial charge in [-0.1, -0.05) is 18.2 Å². The standard InChI is InChI=1S/C11H8N2O2/c12-13-6-9(14)5-8-7-15-11-4-2-1-3-10(8)11/h1-4,6-7H,5H2. The van der Waals surface area contributed by atoms with Crippen LogP contribution in [0.1, 0.15) is 5.56 Å². The van der Waals surface area contributed by atoms with Crippen LogP contribution in [0, 0.1) is 0 Å². The second-order valence-electron chi connectivity index (χ2n) is 3.14. The van der Waals surface area contributed by atoms with Gasteiger partial charge in [0.1, 0.15) is 5.58 Å². The lowest BCUT2D eigenvalue weighted by Crippen LogP contribution is -2.03. The molecule has 1 aromatic heterocycles. The number of furan rings is 1. The first-order chi connectivity index (χ1) is 7.31. The van der Waals surface area contributed by atoms with Crippen LogP contribution in [-0.4, -0.2) is 16.8 Å². The number of fused-ring (bicyclic) bond motifs is 1. The second kappa shape index (κ2) is 3.90. The van der Waals surface area contributed by atoms with Gasteiger partial charge in [-0.3, -0.25) is 4.79 Å². The van der Waals surface area contributed by atoms with Gasteiger partial charge in [0.05, 0.1) is 6.26 Å². The Kier molecular flexibility index (Phi) is 2.44. The van der Waals surface area contributed by atoms with Crippen molar-refractivity contribution in [2.24, 2.45) is 0 Å². The summed E-state index contributed by atoms with van der Waals surface area (Å²) in [4.78, 5) is 13.9. The first-order valence-electron chi connectivity index (χ1n) is 4.46. The van der Waals surface area contributed by atoms with Crippen LogP contribution >= 0.6 is 0 Å². The lowest BCUT2D eigenvalue weighted by atomic mass is 10.1. The van der Waals surface area contributed by atoms with Gasteiger partial charge in [0.25, 0.3) is 0 Å². The van der Waals surface area contributed by atoms with E-state index in [1.165, 1.54) is 0 Å². The van der Waals surface area contributed by atoms with Crippen molar-refractivity contribution >= 4 is 23.0 Å². The summed E-state index contributed by atoms with van der Waals surface area (Å²) in [6.45, 7) is 0. The summed E-state index contributed by atoms with van der Waals surface area (Å²) in [5.74, 6) is -0.260. The van der Waals surface area contributed by atoms with E-state index in [0.29, 0.717) is 0 Å². The lowest BCUT2D eigenvalue weighted by molar-refractivity contribution is -0.115. The minimum absolute atomic E-state index is 0.182. The predicted octanol–water partition coefficient (Wildman–Crippen LogP) is 1.84. The molecule has 0 spiro atoms. The third-order valence-electron chi connectivity index (χ3n) is 2.13. The van der Waals surface area contributed by atoms with Crippen LogP contribution in [0.2, 0.25) is 0 Å². The van der Waals surface area contributed by atoms with Crippen LogP contribution in [0.5, 0.6) is 0 Å². The number of hydrogen-bond donors (Lipinski definition) is 0. The molecule has 0 aliphatic rings. The van der Waals surface area contributed by atoms with E-state index in [2.05, 4.69) is 4.79 Å². The SMILES string of the molecule is [N-]=[N+]=CC(=O)Cc1coc2ccccc12. The monoisotopic (exact) mass is 200 g/mol. The Bertz CT molecular complexity index is 550. The van der Waals surface area contributed by atoms with E-state index >= 15 is 0 Å². The van der Waals surface area contributed by atoms with E-state index in [9.17, 15) is 4.79 Å². The normalized spacial score (nSPS) is 9.87. The highest BCUT2D eigenvalue weighted by Gasteiger charge is 2.10. The molecule has 0 atom stereocenters. The van der Waals surface area contributed by atoms with E-state index in [-0.39, 0.29) is 12.2 Å². The fourth-order valence-electron chi connectivity index (χ4n) is 1.47. The van der Waals surface area contributed by atoms with Crippen LogP contribution in [0.25, 0.3) is 16.5 Å². The average molecular weight is 200 g/mol. The number of ketones is 1. The molecule has 0 aliphatic heterocycles. The van der Waals surface area contributed by atoms with E-state index in [0.717, 1.165) is 22.7 Å². The number of rotatable bonds is 3. The molecular weight excluding hydrogens is 192 g/mol. The van der Waals surface area contributed by atoms with Gasteiger partial charge < -0.3 is 9.95 Å². The van der Waals surface area contributed by atoms with Crippen molar-refractivity contribution in [1.82, 2.24) is 0 Å². The van der Waals surface area contributed by atoms with Gasteiger partial charge in [-0.2, -0.15) is 4.79 Å². The minimum Gasteiger partial charge on any atom is -0.464 e. The lowest BCUT2D eigenvalue weighted by Gasteiger charge is -1.90. The number of benzene rings is 1. The Labute approximate surface area is 85.7 Å². The Balaban J connectivity index is 2.36. The first-order valence-corrected chi connectivity index (χ1v) is 4.46. The van der Waals surface area contributed by atoms with Gasteiger partial charge in [-0.15, -0.1) is 0 Å². The molecule has 0 amide bonds. The largest absolute Gasteiger partial charge is 0.464 e. The van der Waals surface area contributed by atoms with Crippen molar-refractivity contribution in [3.05, 3.63) is 41.6 Å². The Morgan fingerprint density at radius 2 is 2.27 bits per heavy atom. The molecule has 4 nitrogen and oxygen atoms in total. The fourth-order valence-corrected chi connectivity index (χ4v) is 1.47. The van der Waals surface area contributed by atoms with Gasteiger partial charge in [-0.05, 0) is 6.07 Å². The van der Waals surface area contributed by atoms with Crippen molar-refractivity contribution in [2.45, 2.75) is 6.42 Å². The highest BCUT2D eigenvalue weighted by atomic mass is 16.3. The molecule has 1 aromatic carbocycles. The minimum atomic E-state index is -0.260. The van der Waals surface area contributed by atoms with E-state index in [1.807, 2.05) is 24.3 Å². The zero-order valence-electron chi connectivity index (χ0n) is 7.88. The van der Waals surface area contributed by atoms with Gasteiger partial charge >= 0.3 is 6.21 Å². The van der Waals surface area contributed by atoms with Crippen LogP contribution in [0.15, 0.2) is 34.9 Å². The molecule has 0 unspecified atom stereocenters. The molecule has 0 saturated heterocycles. The molecule has 2 rings (SSSR count). The Morgan fingerprint density at radius 1 is 1.47 bits per heavy atom. The molecule has 0 radical (unpaired) electrons. The molecule has 0 N–H and O–H groups in total. The molecule has 0 fully saturated rings. The Morgan fingerprint density at radius 3 is 3.07 bits per heavy atom. The fraction of sp³-hybridized carbons (Fsp3) is 0.0909. The number of nitrogens with zero attached hydrogens (tertiary/aromatic N) is 2. The number of Topliss-reactive ketones (excluding diaryl/α,β-unsaturated/α-hetero) is 1. The maximum atomic E-state index is 11.2. The Hall–Kier alpha value is -2.19. The molecule has 74 valence electrons. The summed E-state index contributed by atoms with van der Waals surface area (Å²) >= 11 is 0. The van der Waals surface area contributed by atoms with Crippen LogP contribution in [0.4, 0.5) is 0 Å². The quantitative estimate of drug-likeness (QED) is 0.431. The first kappa shape index (κ1) is 9.37. The van der Waals surface area contributed by atoms with Crippen molar-refractivity contribution in [3.8, 4) is 0 Å². The zero-order valence-corrected chi connectivity index (χ0v) is 7.88. The van der Waals surface area contributed by atoms with Gasteiger partial charge in [0.2, 0.25) is 5.78 Å². The van der Waals surface area contributed by atoms with Crippen LogP contribution in [-0.2, 0) is 11.2 Å². The van der Waals surface area contributed by atoms with Crippen molar-refractivity contribution in [1.29, 1.82) is 0 Å².